The summed E-state index contributed by atoms with van der Waals surface area (Å²) < 4.78 is 23.1. The fourth-order valence-electron chi connectivity index (χ4n) is 2.39. The summed E-state index contributed by atoms with van der Waals surface area (Å²) in [6.07, 6.45) is 2.33. The molecule has 1 aromatic rings. The first-order valence-electron chi connectivity index (χ1n) is 5.78. The molecule has 1 aliphatic rings. The fraction of sp³-hybridized carbons (Fsp3) is 0.500. The van der Waals surface area contributed by atoms with Crippen LogP contribution in [0.3, 0.4) is 0 Å². The molecule has 0 radical (unpaired) electrons. The predicted octanol–water partition coefficient (Wildman–Crippen LogP) is 1.55. The van der Waals surface area contributed by atoms with Gasteiger partial charge in [0.25, 0.3) is 0 Å². The van der Waals surface area contributed by atoms with E-state index in [0.717, 1.165) is 42.7 Å². The summed E-state index contributed by atoms with van der Waals surface area (Å²) in [6.45, 7) is 5.71. The van der Waals surface area contributed by atoms with E-state index in [9.17, 15) is 8.42 Å². The lowest BCUT2D eigenvalue weighted by Gasteiger charge is -2.22. The molecule has 17 heavy (non-hydrogen) atoms. The van der Waals surface area contributed by atoms with Gasteiger partial charge >= 0.3 is 0 Å². The molecule has 0 amide bonds. The van der Waals surface area contributed by atoms with Crippen LogP contribution in [0.15, 0.2) is 17.0 Å². The smallest absolute Gasteiger partial charge is 0.238 e. The van der Waals surface area contributed by atoms with Crippen molar-refractivity contribution in [1.82, 2.24) is 0 Å². The van der Waals surface area contributed by atoms with Crippen molar-refractivity contribution < 1.29 is 8.42 Å². The number of sulfonamides is 1. The number of hydrogen-bond acceptors (Lipinski definition) is 3. The minimum absolute atomic E-state index is 0.249. The normalized spacial score (nSPS) is 16.5. The molecule has 1 aromatic carbocycles. The van der Waals surface area contributed by atoms with E-state index >= 15 is 0 Å². The highest BCUT2D eigenvalue weighted by molar-refractivity contribution is 7.89. The third-order valence-electron chi connectivity index (χ3n) is 3.23. The first kappa shape index (κ1) is 12.4. The highest BCUT2D eigenvalue weighted by Gasteiger charge is 2.20. The van der Waals surface area contributed by atoms with Crippen LogP contribution in [0.4, 0.5) is 5.69 Å². The van der Waals surface area contributed by atoms with Crippen molar-refractivity contribution in [3.05, 3.63) is 23.3 Å². The van der Waals surface area contributed by atoms with E-state index in [1.54, 1.807) is 6.07 Å². The summed E-state index contributed by atoms with van der Waals surface area (Å²) in [5.41, 5.74) is 2.70. The van der Waals surface area contributed by atoms with Crippen molar-refractivity contribution in [2.45, 2.75) is 31.6 Å². The van der Waals surface area contributed by atoms with Gasteiger partial charge in [0, 0.05) is 18.8 Å². The lowest BCUT2D eigenvalue weighted by molar-refractivity contribution is 0.597. The summed E-state index contributed by atoms with van der Waals surface area (Å²) >= 11 is 0. The molecule has 5 heteroatoms. The summed E-state index contributed by atoms with van der Waals surface area (Å²) in [4.78, 5) is 2.48. The Morgan fingerprint density at radius 1 is 1.18 bits per heavy atom. The Hall–Kier alpha value is -1.07. The van der Waals surface area contributed by atoms with Crippen molar-refractivity contribution in [3.63, 3.8) is 0 Å². The van der Waals surface area contributed by atoms with Crippen LogP contribution < -0.4 is 10.0 Å². The molecule has 1 fully saturated rings. The molecule has 0 saturated carbocycles. The Balaban J connectivity index is 2.57. The zero-order valence-electron chi connectivity index (χ0n) is 10.2. The van der Waals surface area contributed by atoms with Gasteiger partial charge in [0.2, 0.25) is 10.0 Å². The lowest BCUT2D eigenvalue weighted by atomic mass is 10.1. The van der Waals surface area contributed by atoms with Gasteiger partial charge in [-0.15, -0.1) is 0 Å². The molecule has 1 heterocycles. The molecule has 2 N–H and O–H groups in total. The SMILES string of the molecule is Cc1cc(N2CCCC2)c(C)c(S(N)(=O)=O)c1. The molecule has 0 bridgehead atoms. The van der Waals surface area contributed by atoms with Gasteiger partial charge in [-0.3, -0.25) is 0 Å². The van der Waals surface area contributed by atoms with Crippen molar-refractivity contribution in [2.75, 3.05) is 18.0 Å². The second-order valence-electron chi connectivity index (χ2n) is 4.65. The number of benzene rings is 1. The fourth-order valence-corrected chi connectivity index (χ4v) is 3.27. The van der Waals surface area contributed by atoms with Crippen molar-refractivity contribution >= 4 is 15.7 Å². The molecule has 1 aliphatic heterocycles. The van der Waals surface area contributed by atoms with Crippen LogP contribution in [-0.4, -0.2) is 21.5 Å². The van der Waals surface area contributed by atoms with Gasteiger partial charge < -0.3 is 4.90 Å². The topological polar surface area (TPSA) is 63.4 Å². The number of anilines is 1. The van der Waals surface area contributed by atoms with Gasteiger partial charge in [0.1, 0.15) is 0 Å². The molecule has 0 spiro atoms. The Kier molecular flexibility index (Phi) is 3.14. The molecule has 0 aliphatic carbocycles. The Bertz CT molecular complexity index is 532. The zero-order valence-corrected chi connectivity index (χ0v) is 11.0. The summed E-state index contributed by atoms with van der Waals surface area (Å²) in [6, 6.07) is 3.68. The Morgan fingerprint density at radius 3 is 2.29 bits per heavy atom. The van der Waals surface area contributed by atoms with Gasteiger partial charge in [0.05, 0.1) is 4.90 Å². The summed E-state index contributed by atoms with van der Waals surface area (Å²) in [7, 11) is -3.63. The second-order valence-corrected chi connectivity index (χ2v) is 6.18. The van der Waals surface area contributed by atoms with E-state index in [-0.39, 0.29) is 4.90 Å². The van der Waals surface area contributed by atoms with Crippen molar-refractivity contribution in [3.8, 4) is 0 Å². The highest BCUT2D eigenvalue weighted by Crippen LogP contribution is 2.29. The van der Waals surface area contributed by atoms with Gasteiger partial charge in [0.15, 0.2) is 0 Å². The first-order chi connectivity index (χ1) is 7.89. The molecule has 0 atom stereocenters. The molecule has 0 unspecified atom stereocenters. The van der Waals surface area contributed by atoms with Gasteiger partial charge in [-0.25, -0.2) is 13.6 Å². The summed E-state index contributed by atoms with van der Waals surface area (Å²) in [5, 5.41) is 5.25. The largest absolute Gasteiger partial charge is 0.371 e. The molecular formula is C12H18N2O2S. The lowest BCUT2D eigenvalue weighted by Crippen LogP contribution is -2.21. The van der Waals surface area contributed by atoms with E-state index < -0.39 is 10.0 Å². The van der Waals surface area contributed by atoms with Crippen LogP contribution >= 0.6 is 0 Å². The Morgan fingerprint density at radius 2 is 1.76 bits per heavy atom. The minimum atomic E-state index is -3.63. The number of hydrogen-bond donors (Lipinski definition) is 1. The van der Waals surface area contributed by atoms with Gasteiger partial charge in [-0.2, -0.15) is 0 Å². The molecule has 0 aromatic heterocycles. The van der Waals surface area contributed by atoms with Crippen molar-refractivity contribution in [1.29, 1.82) is 0 Å². The van der Waals surface area contributed by atoms with Gasteiger partial charge in [-0.05, 0) is 49.9 Å². The first-order valence-corrected chi connectivity index (χ1v) is 7.33. The maximum atomic E-state index is 11.5. The van der Waals surface area contributed by atoms with E-state index in [1.807, 2.05) is 19.9 Å². The third-order valence-corrected chi connectivity index (χ3v) is 4.27. The second kappa shape index (κ2) is 4.31. The predicted molar refractivity (Wildman–Crippen MR) is 68.7 cm³/mol. The maximum absolute atomic E-state index is 11.5. The zero-order chi connectivity index (χ0) is 12.6. The Labute approximate surface area is 102 Å². The number of nitrogens with two attached hydrogens (primary N) is 1. The number of nitrogens with zero attached hydrogens (tertiary/aromatic N) is 1. The summed E-state index contributed by atoms with van der Waals surface area (Å²) in [5.74, 6) is 0. The number of primary sulfonamides is 1. The van der Waals surface area contributed by atoms with Crippen molar-refractivity contribution in [2.24, 2.45) is 5.14 Å². The van der Waals surface area contributed by atoms with E-state index in [1.165, 1.54) is 0 Å². The van der Waals surface area contributed by atoms with Crippen LogP contribution in [0, 0.1) is 13.8 Å². The maximum Gasteiger partial charge on any atom is 0.238 e. The van der Waals surface area contributed by atoms with E-state index in [4.69, 9.17) is 5.14 Å². The van der Waals surface area contributed by atoms with Crippen LogP contribution in [0.1, 0.15) is 24.0 Å². The van der Waals surface area contributed by atoms with Crippen LogP contribution in [-0.2, 0) is 10.0 Å². The standard InChI is InChI=1S/C12H18N2O2S/c1-9-7-11(14-5-3-4-6-14)10(2)12(8-9)17(13,15)16/h7-8H,3-6H2,1-2H3,(H2,13,15,16). The average molecular weight is 254 g/mol. The van der Waals surface area contributed by atoms with Crippen LogP contribution in [0.25, 0.3) is 0 Å². The van der Waals surface area contributed by atoms with Crippen LogP contribution in [0.2, 0.25) is 0 Å². The minimum Gasteiger partial charge on any atom is -0.371 e. The van der Waals surface area contributed by atoms with E-state index in [2.05, 4.69) is 4.90 Å². The molecule has 4 nitrogen and oxygen atoms in total. The molecule has 1 saturated heterocycles. The van der Waals surface area contributed by atoms with Crippen LogP contribution in [0.5, 0.6) is 0 Å². The molecule has 2 rings (SSSR count). The quantitative estimate of drug-likeness (QED) is 0.871. The third kappa shape index (κ3) is 2.45. The monoisotopic (exact) mass is 254 g/mol. The van der Waals surface area contributed by atoms with E-state index in [0.29, 0.717) is 0 Å². The average Bonchev–Trinajstić information content (AvgIpc) is 2.72. The highest BCUT2D eigenvalue weighted by atomic mass is 32.2. The number of rotatable bonds is 2. The van der Waals surface area contributed by atoms with Gasteiger partial charge in [-0.1, -0.05) is 0 Å². The molecular weight excluding hydrogens is 236 g/mol. The number of aryl methyl sites for hydroxylation is 1. The molecule has 94 valence electrons.